The van der Waals surface area contributed by atoms with Gasteiger partial charge in [0.2, 0.25) is 0 Å². The number of allylic oxidation sites excluding steroid dienone is 2. The largest absolute Gasteiger partial charge is 0.512 e. The molecule has 1 amide bonds. The first-order chi connectivity index (χ1) is 15.3. The molecule has 0 bridgehead atoms. The number of hydrogen-bond donors (Lipinski definition) is 2. The van der Waals surface area contributed by atoms with Gasteiger partial charge in [0.25, 0.3) is 5.90 Å². The summed E-state index contributed by atoms with van der Waals surface area (Å²) in [7, 11) is 0. The summed E-state index contributed by atoms with van der Waals surface area (Å²) in [4.78, 5) is 29.5. The summed E-state index contributed by atoms with van der Waals surface area (Å²) in [6.07, 6.45) is 1.71. The first kappa shape index (κ1) is 20.4. The zero-order valence-corrected chi connectivity index (χ0v) is 16.9. The summed E-state index contributed by atoms with van der Waals surface area (Å²) >= 11 is 0. The lowest BCUT2D eigenvalue weighted by Crippen LogP contribution is -2.57. The molecule has 5 rings (SSSR count). The van der Waals surface area contributed by atoms with Gasteiger partial charge in [-0.2, -0.15) is 0 Å². The second-order valence-corrected chi connectivity index (χ2v) is 8.03. The second-order valence-electron chi connectivity index (χ2n) is 8.03. The molecule has 0 radical (unpaired) electrons. The zero-order valence-electron chi connectivity index (χ0n) is 16.9. The number of benzene rings is 1. The lowest BCUT2D eigenvalue weighted by molar-refractivity contribution is -0.125. The van der Waals surface area contributed by atoms with Gasteiger partial charge in [0.15, 0.2) is 6.10 Å². The summed E-state index contributed by atoms with van der Waals surface area (Å²) in [5, 5.41) is 12.5. The van der Waals surface area contributed by atoms with Crippen molar-refractivity contribution in [1.29, 1.82) is 0 Å². The Morgan fingerprint density at radius 3 is 2.78 bits per heavy atom. The molecular weight excluding hydrogens is 424 g/mol. The molecule has 166 valence electrons. The van der Waals surface area contributed by atoms with Crippen LogP contribution in [0.4, 0.5) is 13.6 Å². The van der Waals surface area contributed by atoms with Crippen molar-refractivity contribution >= 4 is 18.0 Å². The average molecular weight is 443 g/mol. The summed E-state index contributed by atoms with van der Waals surface area (Å²) < 4.78 is 39.3. The van der Waals surface area contributed by atoms with Crippen LogP contribution in [-0.2, 0) is 14.3 Å². The molecule has 4 aliphatic rings. The van der Waals surface area contributed by atoms with Crippen molar-refractivity contribution in [3.63, 3.8) is 0 Å². The highest BCUT2D eigenvalue weighted by molar-refractivity contribution is 6.38. The molecule has 4 unspecified atom stereocenters. The van der Waals surface area contributed by atoms with Gasteiger partial charge in [0.1, 0.15) is 29.6 Å². The molecule has 1 fully saturated rings. The Bertz CT molecular complexity index is 1120. The van der Waals surface area contributed by atoms with E-state index in [-0.39, 0.29) is 23.5 Å². The van der Waals surface area contributed by atoms with E-state index < -0.39 is 41.8 Å². The summed E-state index contributed by atoms with van der Waals surface area (Å²) in [6.45, 7) is 2.01. The Kier molecular flexibility index (Phi) is 4.81. The molecule has 1 saturated heterocycles. The van der Waals surface area contributed by atoms with Gasteiger partial charge in [-0.3, -0.25) is 9.69 Å². The molecule has 1 aromatic rings. The van der Waals surface area contributed by atoms with Gasteiger partial charge in [0, 0.05) is 6.04 Å². The highest BCUT2D eigenvalue weighted by Crippen LogP contribution is 2.44. The third kappa shape index (κ3) is 3.27. The fourth-order valence-corrected chi connectivity index (χ4v) is 4.51. The van der Waals surface area contributed by atoms with Crippen LogP contribution in [0.15, 0.2) is 64.4 Å². The van der Waals surface area contributed by atoms with E-state index in [1.165, 1.54) is 36.6 Å². The quantitative estimate of drug-likeness (QED) is 0.646. The van der Waals surface area contributed by atoms with Gasteiger partial charge in [-0.15, -0.1) is 0 Å². The van der Waals surface area contributed by atoms with Gasteiger partial charge in [-0.25, -0.2) is 18.6 Å². The predicted octanol–water partition coefficient (Wildman–Crippen LogP) is 3.30. The molecule has 3 aliphatic heterocycles. The molecule has 0 saturated carbocycles. The molecular formula is C22H19F2N3O5. The predicted molar refractivity (Wildman–Crippen MR) is 107 cm³/mol. The number of hydrogen-bond acceptors (Lipinski definition) is 6. The molecule has 32 heavy (non-hydrogen) atoms. The molecule has 3 heterocycles. The van der Waals surface area contributed by atoms with Gasteiger partial charge in [-0.05, 0) is 49.1 Å². The van der Waals surface area contributed by atoms with Crippen LogP contribution in [0.1, 0.15) is 31.4 Å². The number of aliphatic imine (C=N–C) groups is 1. The SMILES string of the molecule is CC1CCC2=CC(F)=C3C(OC=C4C(c5ccc(F)cc5)N=C(OC(=O)O)C(=O)N43)C2N1. The number of piperidine rings is 1. The lowest BCUT2D eigenvalue weighted by Gasteiger charge is -2.46. The zero-order chi connectivity index (χ0) is 22.6. The maximum Gasteiger partial charge on any atom is 0.512 e. The Labute approximate surface area is 181 Å². The Morgan fingerprint density at radius 2 is 2.06 bits per heavy atom. The Hall–Kier alpha value is -3.53. The standard InChI is InChI=1S/C22H19F2N3O5/c1-10-2-3-12-8-14(24)18-19(17(12)25-10)31-9-15-16(11-4-6-13(23)7-5-11)26-20(32-22(29)30)21(28)27(15)18/h4-10,16-17,19,25H,2-3H2,1H3,(H,29,30). The maximum absolute atomic E-state index is 15.3. The number of ether oxygens (including phenoxy) is 2. The van der Waals surface area contributed by atoms with Gasteiger partial charge in [0.05, 0.1) is 11.7 Å². The van der Waals surface area contributed by atoms with E-state index in [2.05, 4.69) is 15.0 Å². The Balaban J connectivity index is 1.64. The molecule has 0 spiro atoms. The number of halogens is 2. The number of rotatable bonds is 1. The number of fused-ring (bicyclic) bond motifs is 5. The van der Waals surface area contributed by atoms with E-state index in [1.807, 2.05) is 6.92 Å². The minimum atomic E-state index is -1.73. The smallest absolute Gasteiger partial charge is 0.488 e. The van der Waals surface area contributed by atoms with Crippen LogP contribution >= 0.6 is 0 Å². The highest BCUT2D eigenvalue weighted by atomic mass is 19.1. The van der Waals surface area contributed by atoms with Gasteiger partial charge in [-0.1, -0.05) is 12.1 Å². The van der Waals surface area contributed by atoms with Gasteiger partial charge < -0.3 is 19.9 Å². The number of carboxylic acid groups (broad SMARTS) is 1. The van der Waals surface area contributed by atoms with Crippen molar-refractivity contribution in [2.45, 2.75) is 44.0 Å². The average Bonchev–Trinajstić information content (AvgIpc) is 2.76. The normalized spacial score (nSPS) is 29.0. The molecule has 1 aromatic carbocycles. The molecule has 8 nitrogen and oxygen atoms in total. The molecule has 4 atom stereocenters. The van der Waals surface area contributed by atoms with E-state index in [9.17, 15) is 14.0 Å². The third-order valence-electron chi connectivity index (χ3n) is 5.98. The van der Waals surface area contributed by atoms with Crippen LogP contribution in [0.25, 0.3) is 0 Å². The van der Waals surface area contributed by atoms with Crippen LogP contribution in [0.3, 0.4) is 0 Å². The third-order valence-corrected chi connectivity index (χ3v) is 5.98. The minimum Gasteiger partial charge on any atom is -0.488 e. The van der Waals surface area contributed by atoms with Gasteiger partial charge >= 0.3 is 12.1 Å². The Morgan fingerprint density at radius 1 is 1.31 bits per heavy atom. The van der Waals surface area contributed by atoms with Crippen molar-refractivity contribution in [2.75, 3.05) is 0 Å². The number of carbonyl (C=O) groups excluding carboxylic acids is 1. The summed E-state index contributed by atoms with van der Waals surface area (Å²) in [5.74, 6) is -2.75. The first-order valence-corrected chi connectivity index (χ1v) is 10.1. The molecule has 2 N–H and O–H groups in total. The van der Waals surface area contributed by atoms with E-state index in [1.54, 1.807) is 0 Å². The van der Waals surface area contributed by atoms with Crippen molar-refractivity contribution in [3.8, 4) is 0 Å². The van der Waals surface area contributed by atoms with Crippen LogP contribution < -0.4 is 5.32 Å². The monoisotopic (exact) mass is 443 g/mol. The van der Waals surface area contributed by atoms with E-state index in [0.29, 0.717) is 12.0 Å². The van der Waals surface area contributed by atoms with Crippen molar-refractivity contribution in [1.82, 2.24) is 10.2 Å². The van der Waals surface area contributed by atoms with Crippen LogP contribution in [0.5, 0.6) is 0 Å². The van der Waals surface area contributed by atoms with Crippen LogP contribution in [-0.4, -0.2) is 46.2 Å². The van der Waals surface area contributed by atoms with Crippen LogP contribution in [0.2, 0.25) is 0 Å². The van der Waals surface area contributed by atoms with Crippen molar-refractivity contribution in [2.24, 2.45) is 4.99 Å². The summed E-state index contributed by atoms with van der Waals surface area (Å²) in [5.41, 5.74) is 1.42. The second kappa shape index (κ2) is 7.56. The first-order valence-electron chi connectivity index (χ1n) is 10.1. The fourth-order valence-electron chi connectivity index (χ4n) is 4.51. The van der Waals surface area contributed by atoms with E-state index in [4.69, 9.17) is 9.84 Å². The summed E-state index contributed by atoms with van der Waals surface area (Å²) in [6, 6.07) is 4.16. The number of nitrogens with zero attached hydrogens (tertiary/aromatic N) is 2. The number of nitrogens with one attached hydrogen (secondary N) is 1. The van der Waals surface area contributed by atoms with E-state index >= 15 is 4.39 Å². The fraction of sp³-hybridized carbons (Fsp3) is 0.318. The van der Waals surface area contributed by atoms with Crippen molar-refractivity contribution < 1.29 is 33.0 Å². The molecule has 10 heteroatoms. The molecule has 0 aromatic heterocycles. The minimum absolute atomic E-state index is 0.0450. The lowest BCUT2D eigenvalue weighted by atomic mass is 9.83. The number of amides is 1. The maximum atomic E-state index is 15.3. The van der Waals surface area contributed by atoms with Crippen molar-refractivity contribution in [3.05, 3.63) is 70.8 Å². The van der Waals surface area contributed by atoms with Crippen LogP contribution in [0, 0.1) is 5.82 Å². The number of carbonyl (C=O) groups is 2. The van der Waals surface area contributed by atoms with E-state index in [0.717, 1.165) is 16.9 Å². The molecule has 1 aliphatic carbocycles. The topological polar surface area (TPSA) is 100 Å². The highest BCUT2D eigenvalue weighted by Gasteiger charge is 2.49.